The first-order valence-electron chi connectivity index (χ1n) is 5.97. The fraction of sp³-hybridized carbons (Fsp3) is 0.667. The Bertz CT molecular complexity index is 389. The Morgan fingerprint density at radius 2 is 2.06 bits per heavy atom. The van der Waals surface area contributed by atoms with Crippen molar-refractivity contribution < 1.29 is 9.47 Å². The summed E-state index contributed by atoms with van der Waals surface area (Å²) in [6, 6.07) is 2.45. The summed E-state index contributed by atoms with van der Waals surface area (Å²) in [6.07, 6.45) is 1.99. The summed E-state index contributed by atoms with van der Waals surface area (Å²) in [7, 11) is 0. The van der Waals surface area contributed by atoms with Crippen molar-refractivity contribution >= 4 is 0 Å². The van der Waals surface area contributed by atoms with Crippen LogP contribution < -0.4 is 15.2 Å². The first kappa shape index (κ1) is 12.1. The zero-order chi connectivity index (χ0) is 12.4. The molecule has 0 aliphatic heterocycles. The van der Waals surface area contributed by atoms with E-state index in [2.05, 4.69) is 9.97 Å². The van der Waals surface area contributed by atoms with Crippen molar-refractivity contribution in [3.63, 3.8) is 0 Å². The third kappa shape index (κ3) is 3.30. The number of aryl methyl sites for hydroxylation is 1. The minimum absolute atomic E-state index is 0.0919. The molecule has 0 amide bonds. The minimum atomic E-state index is 0.0919. The van der Waals surface area contributed by atoms with Crippen LogP contribution in [0.3, 0.4) is 0 Å². The van der Waals surface area contributed by atoms with Gasteiger partial charge in [-0.15, -0.1) is 0 Å². The van der Waals surface area contributed by atoms with Gasteiger partial charge < -0.3 is 15.2 Å². The lowest BCUT2D eigenvalue weighted by atomic mass is 9.90. The standard InChI is InChI=1S/C12H19N3O2/c1-7(2)16-11-4-8(3)14-12(15-11)17-10-5-9(13)6-10/h4,7,9-10H,5-6,13H2,1-3H3. The molecule has 0 aromatic carbocycles. The zero-order valence-electron chi connectivity index (χ0n) is 10.5. The molecule has 5 heteroatoms. The van der Waals surface area contributed by atoms with Gasteiger partial charge in [-0.1, -0.05) is 0 Å². The van der Waals surface area contributed by atoms with Gasteiger partial charge in [0.05, 0.1) is 6.10 Å². The molecule has 1 saturated carbocycles. The number of nitrogens with two attached hydrogens (primary N) is 1. The van der Waals surface area contributed by atoms with Crippen LogP contribution in [0.25, 0.3) is 0 Å². The minimum Gasteiger partial charge on any atom is -0.475 e. The van der Waals surface area contributed by atoms with Gasteiger partial charge in [0.25, 0.3) is 0 Å². The summed E-state index contributed by atoms with van der Waals surface area (Å²) in [5.74, 6) is 0.561. The maximum atomic E-state index is 5.70. The summed E-state index contributed by atoms with van der Waals surface area (Å²) >= 11 is 0. The second-order valence-corrected chi connectivity index (χ2v) is 4.77. The van der Waals surface area contributed by atoms with E-state index in [0.29, 0.717) is 11.9 Å². The van der Waals surface area contributed by atoms with Crippen molar-refractivity contribution in [3.05, 3.63) is 11.8 Å². The summed E-state index contributed by atoms with van der Waals surface area (Å²) in [4.78, 5) is 8.46. The lowest BCUT2D eigenvalue weighted by molar-refractivity contribution is 0.0885. The van der Waals surface area contributed by atoms with Crippen molar-refractivity contribution in [1.29, 1.82) is 0 Å². The second kappa shape index (κ2) is 4.87. The molecule has 17 heavy (non-hydrogen) atoms. The van der Waals surface area contributed by atoms with E-state index in [1.807, 2.05) is 20.8 Å². The third-order valence-electron chi connectivity index (χ3n) is 2.57. The molecule has 5 nitrogen and oxygen atoms in total. The van der Waals surface area contributed by atoms with Crippen molar-refractivity contribution in [2.24, 2.45) is 5.73 Å². The van der Waals surface area contributed by atoms with E-state index < -0.39 is 0 Å². The highest BCUT2D eigenvalue weighted by molar-refractivity contribution is 5.18. The van der Waals surface area contributed by atoms with Gasteiger partial charge >= 0.3 is 6.01 Å². The summed E-state index contributed by atoms with van der Waals surface area (Å²) in [5.41, 5.74) is 6.54. The Morgan fingerprint density at radius 3 is 2.65 bits per heavy atom. The summed E-state index contributed by atoms with van der Waals surface area (Å²) < 4.78 is 11.2. The third-order valence-corrected chi connectivity index (χ3v) is 2.57. The average Bonchev–Trinajstić information content (AvgIpc) is 2.12. The molecule has 1 aromatic heterocycles. The van der Waals surface area contributed by atoms with E-state index in [1.165, 1.54) is 0 Å². The molecule has 1 heterocycles. The van der Waals surface area contributed by atoms with Gasteiger partial charge in [0.2, 0.25) is 5.88 Å². The van der Waals surface area contributed by atoms with Gasteiger partial charge in [-0.2, -0.15) is 4.98 Å². The SMILES string of the molecule is Cc1cc(OC(C)C)nc(OC2CC(N)C2)n1. The molecule has 1 aliphatic rings. The van der Waals surface area contributed by atoms with Crippen LogP contribution in [0.15, 0.2) is 6.07 Å². The molecule has 94 valence electrons. The molecular formula is C12H19N3O2. The molecule has 0 atom stereocenters. The Morgan fingerprint density at radius 1 is 1.35 bits per heavy atom. The molecule has 0 bridgehead atoms. The number of ether oxygens (including phenoxy) is 2. The van der Waals surface area contributed by atoms with E-state index >= 15 is 0 Å². The fourth-order valence-corrected chi connectivity index (χ4v) is 1.72. The van der Waals surface area contributed by atoms with Crippen LogP contribution in [0.1, 0.15) is 32.4 Å². The molecule has 0 unspecified atom stereocenters. The highest BCUT2D eigenvalue weighted by atomic mass is 16.5. The van der Waals surface area contributed by atoms with E-state index in [0.717, 1.165) is 18.5 Å². The number of aromatic nitrogens is 2. The van der Waals surface area contributed by atoms with Crippen molar-refractivity contribution in [2.75, 3.05) is 0 Å². The van der Waals surface area contributed by atoms with E-state index in [4.69, 9.17) is 15.2 Å². The Hall–Kier alpha value is -1.36. The maximum Gasteiger partial charge on any atom is 0.320 e. The molecule has 1 fully saturated rings. The van der Waals surface area contributed by atoms with E-state index in [1.54, 1.807) is 6.07 Å². The zero-order valence-corrected chi connectivity index (χ0v) is 10.5. The Balaban J connectivity index is 2.03. The van der Waals surface area contributed by atoms with Gasteiger partial charge in [-0.25, -0.2) is 4.98 Å². The molecule has 0 saturated heterocycles. The quantitative estimate of drug-likeness (QED) is 0.858. The average molecular weight is 237 g/mol. The van der Waals surface area contributed by atoms with Crippen molar-refractivity contribution in [1.82, 2.24) is 9.97 Å². The molecular weight excluding hydrogens is 218 g/mol. The van der Waals surface area contributed by atoms with Crippen molar-refractivity contribution in [2.45, 2.75) is 51.9 Å². The van der Waals surface area contributed by atoms with Gasteiger partial charge in [-0.3, -0.25) is 0 Å². The topological polar surface area (TPSA) is 70.3 Å². The predicted molar refractivity (Wildman–Crippen MR) is 64.2 cm³/mol. The number of rotatable bonds is 4. The summed E-state index contributed by atoms with van der Waals surface area (Å²) in [6.45, 7) is 5.82. The first-order chi connectivity index (χ1) is 8.02. The predicted octanol–water partition coefficient (Wildman–Crippen LogP) is 1.44. The van der Waals surface area contributed by atoms with E-state index in [9.17, 15) is 0 Å². The number of nitrogens with zero attached hydrogens (tertiary/aromatic N) is 2. The van der Waals surface area contributed by atoms with Crippen LogP contribution in [-0.2, 0) is 0 Å². The fourth-order valence-electron chi connectivity index (χ4n) is 1.72. The van der Waals surface area contributed by atoms with Crippen LogP contribution in [0.5, 0.6) is 11.9 Å². The first-order valence-corrected chi connectivity index (χ1v) is 5.97. The van der Waals surface area contributed by atoms with Crippen molar-refractivity contribution in [3.8, 4) is 11.9 Å². The molecule has 1 aromatic rings. The Kier molecular flexibility index (Phi) is 3.47. The number of hydrogen-bond donors (Lipinski definition) is 1. The maximum absolute atomic E-state index is 5.70. The Labute approximate surface area is 101 Å². The van der Waals surface area contributed by atoms with Crippen LogP contribution in [0.2, 0.25) is 0 Å². The van der Waals surface area contributed by atoms with E-state index in [-0.39, 0.29) is 18.2 Å². The van der Waals surface area contributed by atoms with Gasteiger partial charge in [0.1, 0.15) is 6.10 Å². The van der Waals surface area contributed by atoms with Crippen LogP contribution >= 0.6 is 0 Å². The van der Waals surface area contributed by atoms with Crippen LogP contribution in [-0.4, -0.2) is 28.2 Å². The molecule has 1 aliphatic carbocycles. The van der Waals surface area contributed by atoms with Crippen LogP contribution in [0, 0.1) is 6.92 Å². The lowest BCUT2D eigenvalue weighted by Crippen LogP contribution is -2.43. The highest BCUT2D eigenvalue weighted by Crippen LogP contribution is 2.24. The second-order valence-electron chi connectivity index (χ2n) is 4.77. The lowest BCUT2D eigenvalue weighted by Gasteiger charge is -2.31. The molecule has 2 N–H and O–H groups in total. The highest BCUT2D eigenvalue weighted by Gasteiger charge is 2.28. The van der Waals surface area contributed by atoms with Gasteiger partial charge in [0, 0.05) is 17.8 Å². The van der Waals surface area contributed by atoms with Crippen LogP contribution in [0.4, 0.5) is 0 Å². The monoisotopic (exact) mass is 237 g/mol. The smallest absolute Gasteiger partial charge is 0.320 e. The molecule has 0 spiro atoms. The van der Waals surface area contributed by atoms with Gasteiger partial charge in [-0.05, 0) is 33.6 Å². The number of hydrogen-bond acceptors (Lipinski definition) is 5. The normalized spacial score (nSPS) is 23.4. The summed E-state index contributed by atoms with van der Waals surface area (Å²) in [5, 5.41) is 0. The molecule has 2 rings (SSSR count). The molecule has 0 radical (unpaired) electrons. The van der Waals surface area contributed by atoms with Gasteiger partial charge in [0.15, 0.2) is 0 Å². The largest absolute Gasteiger partial charge is 0.475 e.